The van der Waals surface area contributed by atoms with Gasteiger partial charge in [0, 0.05) is 6.42 Å². The lowest BCUT2D eigenvalue weighted by Crippen LogP contribution is -2.60. The van der Waals surface area contributed by atoms with E-state index in [1.165, 1.54) is 141 Å². The summed E-state index contributed by atoms with van der Waals surface area (Å²) in [5, 5.41) is 54.3. The van der Waals surface area contributed by atoms with Crippen LogP contribution in [0.2, 0.25) is 0 Å². The van der Waals surface area contributed by atoms with E-state index in [4.69, 9.17) is 9.47 Å². The summed E-state index contributed by atoms with van der Waals surface area (Å²) in [6, 6.07) is -0.828. The molecule has 1 heterocycles. The van der Waals surface area contributed by atoms with E-state index >= 15 is 0 Å². The number of rotatable bonds is 43. The molecule has 9 nitrogen and oxygen atoms in total. The Kier molecular flexibility index (Phi) is 40.4. The molecule has 0 saturated carbocycles. The third-order valence-corrected chi connectivity index (χ3v) is 12.2. The van der Waals surface area contributed by atoms with Crippen LogP contribution in [0.5, 0.6) is 0 Å². The summed E-state index contributed by atoms with van der Waals surface area (Å²) in [5.74, 6) is -0.199. The van der Waals surface area contributed by atoms with Crippen molar-refractivity contribution in [1.29, 1.82) is 0 Å². The Morgan fingerprint density at radius 2 is 0.968 bits per heavy atom. The van der Waals surface area contributed by atoms with Gasteiger partial charge in [-0.1, -0.05) is 210 Å². The molecule has 6 N–H and O–H groups in total. The molecule has 362 valence electrons. The van der Waals surface area contributed by atoms with Gasteiger partial charge in [0.15, 0.2) is 6.29 Å². The quantitative estimate of drug-likeness (QED) is 0.0201. The number of carbonyl (C=O) groups excluding carboxylic acids is 1. The van der Waals surface area contributed by atoms with Gasteiger partial charge in [0.1, 0.15) is 24.4 Å². The summed E-state index contributed by atoms with van der Waals surface area (Å²) >= 11 is 0. The Bertz CT molecular complexity index is 1110. The molecule has 7 unspecified atom stereocenters. The Labute approximate surface area is 380 Å². The van der Waals surface area contributed by atoms with Crippen LogP contribution in [0.1, 0.15) is 226 Å². The largest absolute Gasteiger partial charge is 0.394 e. The van der Waals surface area contributed by atoms with Crippen molar-refractivity contribution in [2.24, 2.45) is 0 Å². The third kappa shape index (κ3) is 32.8. The Morgan fingerprint density at radius 1 is 0.548 bits per heavy atom. The van der Waals surface area contributed by atoms with E-state index in [9.17, 15) is 30.3 Å². The number of nitrogens with one attached hydrogen (secondary N) is 1. The van der Waals surface area contributed by atoms with Crippen molar-refractivity contribution in [1.82, 2.24) is 5.32 Å². The molecule has 1 rings (SSSR count). The molecule has 0 radical (unpaired) electrons. The number of unbranched alkanes of at least 4 members (excludes halogenated alkanes) is 28. The van der Waals surface area contributed by atoms with Gasteiger partial charge in [-0.05, 0) is 57.8 Å². The monoisotopic (exact) mass is 876 g/mol. The SMILES string of the molecule is CCCCC/C=C\C=C/CCCCCCCCC(=O)NC(COC1OC(CO)C(O)C(O)C1O)C(O)/C=C/CC/C=C/CCCCCCCCCCCCCCCCCCCC. The number of ether oxygens (including phenoxy) is 2. The minimum Gasteiger partial charge on any atom is -0.394 e. The van der Waals surface area contributed by atoms with Crippen LogP contribution in [-0.2, 0) is 14.3 Å². The van der Waals surface area contributed by atoms with Crippen molar-refractivity contribution in [2.75, 3.05) is 13.2 Å². The average Bonchev–Trinajstić information content (AvgIpc) is 3.27. The zero-order valence-corrected chi connectivity index (χ0v) is 39.9. The molecular weight excluding hydrogens is 779 g/mol. The predicted molar refractivity (Wildman–Crippen MR) is 258 cm³/mol. The zero-order chi connectivity index (χ0) is 45.1. The van der Waals surface area contributed by atoms with E-state index in [0.717, 1.165) is 64.2 Å². The zero-order valence-electron chi connectivity index (χ0n) is 39.9. The maximum Gasteiger partial charge on any atom is 0.220 e. The molecule has 0 bridgehead atoms. The standard InChI is InChI=1S/C53H97NO8/c1-3-5-7-9-11-13-15-17-19-20-21-22-23-24-25-26-27-29-30-32-34-36-38-40-42-47(56)46(45-61-53-52(60)51(59)50(58)48(44-55)62-53)54-49(57)43-41-39-37-35-33-31-28-18-16-14-12-10-8-6-4-2/h12,14,16,18,32,34,40,42,46-48,50-53,55-56,58-60H,3-11,13,15,17,19-31,33,35-39,41,43-45H2,1-2H3,(H,54,57)/b14-12-,18-16-,34-32+,42-40+. The van der Waals surface area contributed by atoms with Gasteiger partial charge in [-0.2, -0.15) is 0 Å². The van der Waals surface area contributed by atoms with Crippen LogP contribution in [0.4, 0.5) is 0 Å². The molecule has 0 spiro atoms. The van der Waals surface area contributed by atoms with Crippen molar-refractivity contribution in [3.8, 4) is 0 Å². The first kappa shape index (κ1) is 58.2. The predicted octanol–water partition coefficient (Wildman–Crippen LogP) is 11.8. The summed E-state index contributed by atoms with van der Waals surface area (Å²) in [7, 11) is 0. The molecule has 0 aromatic carbocycles. The molecule has 1 amide bonds. The number of amides is 1. The lowest BCUT2D eigenvalue weighted by Gasteiger charge is -2.40. The summed E-state index contributed by atoms with van der Waals surface area (Å²) in [5.41, 5.74) is 0. The second-order valence-corrected chi connectivity index (χ2v) is 18.0. The van der Waals surface area contributed by atoms with Gasteiger partial charge >= 0.3 is 0 Å². The molecule has 9 heteroatoms. The molecule has 0 aliphatic carbocycles. The highest BCUT2D eigenvalue weighted by Gasteiger charge is 2.44. The molecule has 7 atom stereocenters. The van der Waals surface area contributed by atoms with Crippen LogP contribution >= 0.6 is 0 Å². The third-order valence-electron chi connectivity index (χ3n) is 12.2. The first-order valence-corrected chi connectivity index (χ1v) is 25.9. The number of hydrogen-bond acceptors (Lipinski definition) is 8. The molecule has 1 fully saturated rings. The fourth-order valence-electron chi connectivity index (χ4n) is 7.99. The van der Waals surface area contributed by atoms with E-state index in [-0.39, 0.29) is 12.5 Å². The molecule has 62 heavy (non-hydrogen) atoms. The molecule has 1 aliphatic heterocycles. The Balaban J connectivity index is 2.31. The van der Waals surface area contributed by atoms with Gasteiger partial charge in [0.25, 0.3) is 0 Å². The average molecular weight is 876 g/mol. The van der Waals surface area contributed by atoms with Gasteiger partial charge < -0.3 is 40.3 Å². The topological polar surface area (TPSA) is 149 Å². The van der Waals surface area contributed by atoms with Crippen LogP contribution in [-0.4, -0.2) is 87.5 Å². The van der Waals surface area contributed by atoms with E-state index in [1.54, 1.807) is 6.08 Å². The second-order valence-electron chi connectivity index (χ2n) is 18.0. The summed E-state index contributed by atoms with van der Waals surface area (Å²) in [6.45, 7) is 3.73. The van der Waals surface area contributed by atoms with Crippen molar-refractivity contribution in [2.45, 2.75) is 269 Å². The van der Waals surface area contributed by atoms with E-state index < -0.39 is 49.5 Å². The minimum atomic E-state index is -1.57. The summed E-state index contributed by atoms with van der Waals surface area (Å²) < 4.78 is 11.2. The van der Waals surface area contributed by atoms with Crippen molar-refractivity contribution in [3.05, 3.63) is 48.6 Å². The summed E-state index contributed by atoms with van der Waals surface area (Å²) in [6.07, 6.45) is 48.8. The molecule has 0 aromatic rings. The van der Waals surface area contributed by atoms with Gasteiger partial charge in [-0.15, -0.1) is 0 Å². The minimum absolute atomic E-state index is 0.199. The number of carbonyl (C=O) groups is 1. The number of hydrogen-bond donors (Lipinski definition) is 6. The van der Waals surface area contributed by atoms with Gasteiger partial charge in [0.05, 0.1) is 25.4 Å². The highest BCUT2D eigenvalue weighted by atomic mass is 16.7. The van der Waals surface area contributed by atoms with E-state index in [1.807, 2.05) is 6.08 Å². The van der Waals surface area contributed by atoms with Crippen LogP contribution in [0.3, 0.4) is 0 Å². The first-order valence-electron chi connectivity index (χ1n) is 25.9. The molecule has 1 saturated heterocycles. The lowest BCUT2D eigenvalue weighted by molar-refractivity contribution is -0.302. The van der Waals surface area contributed by atoms with Crippen LogP contribution < -0.4 is 5.32 Å². The van der Waals surface area contributed by atoms with Crippen LogP contribution in [0.15, 0.2) is 48.6 Å². The lowest BCUT2D eigenvalue weighted by atomic mass is 9.99. The smallest absolute Gasteiger partial charge is 0.220 e. The van der Waals surface area contributed by atoms with E-state index in [2.05, 4.69) is 55.6 Å². The Morgan fingerprint density at radius 3 is 1.48 bits per heavy atom. The second kappa shape index (κ2) is 43.1. The van der Waals surface area contributed by atoms with Crippen molar-refractivity contribution in [3.63, 3.8) is 0 Å². The first-order chi connectivity index (χ1) is 30.3. The Hall–Kier alpha value is -1.85. The van der Waals surface area contributed by atoms with Crippen molar-refractivity contribution < 1.29 is 39.8 Å². The molecule has 0 aromatic heterocycles. The van der Waals surface area contributed by atoms with E-state index in [0.29, 0.717) is 6.42 Å². The molecule has 1 aliphatic rings. The fraction of sp³-hybridized carbons (Fsp3) is 0.830. The maximum absolute atomic E-state index is 13.0. The summed E-state index contributed by atoms with van der Waals surface area (Å²) in [4.78, 5) is 13.0. The van der Waals surface area contributed by atoms with Gasteiger partial charge in [-0.3, -0.25) is 4.79 Å². The highest BCUT2D eigenvalue weighted by molar-refractivity contribution is 5.76. The molecular formula is C53H97NO8. The normalized spacial score (nSPS) is 20.7. The van der Waals surface area contributed by atoms with Gasteiger partial charge in [-0.25, -0.2) is 0 Å². The maximum atomic E-state index is 13.0. The number of aliphatic hydroxyl groups excluding tert-OH is 5. The highest BCUT2D eigenvalue weighted by Crippen LogP contribution is 2.23. The van der Waals surface area contributed by atoms with Crippen molar-refractivity contribution >= 4 is 5.91 Å². The number of aliphatic hydroxyl groups is 5. The van der Waals surface area contributed by atoms with Crippen LogP contribution in [0, 0.1) is 0 Å². The fourth-order valence-corrected chi connectivity index (χ4v) is 7.99. The number of allylic oxidation sites excluding steroid dienone is 7. The van der Waals surface area contributed by atoms with Gasteiger partial charge in [0.2, 0.25) is 5.91 Å². The van der Waals surface area contributed by atoms with Crippen LogP contribution in [0.25, 0.3) is 0 Å².